The summed E-state index contributed by atoms with van der Waals surface area (Å²) in [5, 5.41) is 14.4. The van der Waals surface area contributed by atoms with Gasteiger partial charge in [0.2, 0.25) is 6.79 Å². The molecule has 0 spiro atoms. The van der Waals surface area contributed by atoms with Gasteiger partial charge >= 0.3 is 0 Å². The number of nitrogens with zero attached hydrogens (tertiary/aromatic N) is 4. The van der Waals surface area contributed by atoms with Gasteiger partial charge in [0, 0.05) is 17.3 Å². The van der Waals surface area contributed by atoms with Crippen LogP contribution in [0.15, 0.2) is 42.5 Å². The Kier molecular flexibility index (Phi) is 4.79. The summed E-state index contributed by atoms with van der Waals surface area (Å²) < 4.78 is 18.0. The standard InChI is InChI=1S/C19H19N5O4/c1-12(2)24-18(21-22-23-24)10-26-15-6-3-13(4-7-15)19(25)20-14-5-8-16-17(9-14)28-11-27-16/h3-9,12H,10-11H2,1-2H3,(H,20,25). The third kappa shape index (κ3) is 3.73. The van der Waals surface area contributed by atoms with Gasteiger partial charge in [0.1, 0.15) is 12.4 Å². The smallest absolute Gasteiger partial charge is 0.255 e. The van der Waals surface area contributed by atoms with Crippen LogP contribution < -0.4 is 19.5 Å². The second-order valence-electron chi connectivity index (χ2n) is 6.47. The summed E-state index contributed by atoms with van der Waals surface area (Å²) in [5.41, 5.74) is 1.15. The lowest BCUT2D eigenvalue weighted by molar-refractivity contribution is 0.102. The van der Waals surface area contributed by atoms with Crippen molar-refractivity contribution in [2.24, 2.45) is 0 Å². The van der Waals surface area contributed by atoms with E-state index in [9.17, 15) is 4.79 Å². The van der Waals surface area contributed by atoms with E-state index in [1.165, 1.54) is 0 Å². The van der Waals surface area contributed by atoms with Crippen LogP contribution in [0.25, 0.3) is 0 Å². The molecule has 0 unspecified atom stereocenters. The Hall–Kier alpha value is -3.62. The highest BCUT2D eigenvalue weighted by molar-refractivity contribution is 6.04. The first-order valence-corrected chi connectivity index (χ1v) is 8.81. The molecule has 0 atom stereocenters. The molecule has 2 heterocycles. The van der Waals surface area contributed by atoms with E-state index in [1.54, 1.807) is 47.1 Å². The Balaban J connectivity index is 1.37. The molecule has 0 aliphatic carbocycles. The van der Waals surface area contributed by atoms with E-state index in [0.717, 1.165) is 0 Å². The minimum absolute atomic E-state index is 0.149. The van der Waals surface area contributed by atoms with Crippen LogP contribution in [0.1, 0.15) is 36.1 Å². The van der Waals surface area contributed by atoms with Crippen LogP contribution in [0.3, 0.4) is 0 Å². The van der Waals surface area contributed by atoms with Crippen molar-refractivity contribution >= 4 is 11.6 Å². The predicted molar refractivity (Wildman–Crippen MR) is 99.5 cm³/mol. The largest absolute Gasteiger partial charge is 0.486 e. The van der Waals surface area contributed by atoms with Crippen LogP contribution in [-0.4, -0.2) is 32.9 Å². The number of anilines is 1. The lowest BCUT2D eigenvalue weighted by atomic mass is 10.2. The second-order valence-corrected chi connectivity index (χ2v) is 6.47. The molecule has 1 N–H and O–H groups in total. The Bertz CT molecular complexity index is 984. The van der Waals surface area contributed by atoms with Gasteiger partial charge in [-0.1, -0.05) is 0 Å². The molecule has 0 saturated carbocycles. The number of carbonyl (C=O) groups is 1. The number of fused-ring (bicyclic) bond motifs is 1. The summed E-state index contributed by atoms with van der Waals surface area (Å²) in [7, 11) is 0. The molecule has 0 radical (unpaired) electrons. The van der Waals surface area contributed by atoms with Crippen LogP contribution in [0, 0.1) is 0 Å². The minimum Gasteiger partial charge on any atom is -0.486 e. The fourth-order valence-corrected chi connectivity index (χ4v) is 2.74. The molecule has 9 heteroatoms. The van der Waals surface area contributed by atoms with Crippen molar-refractivity contribution in [3.8, 4) is 17.2 Å². The first-order valence-electron chi connectivity index (χ1n) is 8.81. The zero-order valence-electron chi connectivity index (χ0n) is 15.5. The van der Waals surface area contributed by atoms with Crippen LogP contribution >= 0.6 is 0 Å². The summed E-state index contributed by atoms with van der Waals surface area (Å²) in [4.78, 5) is 12.4. The molecule has 9 nitrogen and oxygen atoms in total. The van der Waals surface area contributed by atoms with Crippen molar-refractivity contribution in [3.05, 3.63) is 53.9 Å². The van der Waals surface area contributed by atoms with Gasteiger partial charge in [-0.05, 0) is 60.7 Å². The van der Waals surface area contributed by atoms with Crippen molar-refractivity contribution in [3.63, 3.8) is 0 Å². The molecule has 1 aliphatic heterocycles. The summed E-state index contributed by atoms with van der Waals surface area (Å²) in [6.45, 7) is 4.42. The highest BCUT2D eigenvalue weighted by Crippen LogP contribution is 2.34. The molecule has 0 saturated heterocycles. The lowest BCUT2D eigenvalue weighted by Crippen LogP contribution is -2.12. The van der Waals surface area contributed by atoms with Crippen molar-refractivity contribution in [1.29, 1.82) is 0 Å². The average molecular weight is 381 g/mol. The number of amides is 1. The van der Waals surface area contributed by atoms with E-state index in [-0.39, 0.29) is 25.3 Å². The zero-order chi connectivity index (χ0) is 19.5. The summed E-state index contributed by atoms with van der Waals surface area (Å²) in [6.07, 6.45) is 0. The number of hydrogen-bond donors (Lipinski definition) is 1. The maximum absolute atomic E-state index is 12.4. The van der Waals surface area contributed by atoms with Gasteiger partial charge in [0.25, 0.3) is 5.91 Å². The molecule has 1 aliphatic rings. The monoisotopic (exact) mass is 381 g/mol. The molecule has 1 amide bonds. The van der Waals surface area contributed by atoms with E-state index >= 15 is 0 Å². The maximum Gasteiger partial charge on any atom is 0.255 e. The fraction of sp³-hybridized carbons (Fsp3) is 0.263. The van der Waals surface area contributed by atoms with E-state index in [4.69, 9.17) is 14.2 Å². The number of carbonyl (C=O) groups excluding carboxylic acids is 1. The summed E-state index contributed by atoms with van der Waals surface area (Å²) in [5.74, 6) is 2.32. The fourth-order valence-electron chi connectivity index (χ4n) is 2.74. The number of aromatic nitrogens is 4. The number of tetrazole rings is 1. The molecule has 0 bridgehead atoms. The van der Waals surface area contributed by atoms with E-state index < -0.39 is 0 Å². The molecule has 28 heavy (non-hydrogen) atoms. The molecule has 0 fully saturated rings. The van der Waals surface area contributed by atoms with Crippen molar-refractivity contribution in [2.75, 3.05) is 12.1 Å². The molecular weight excluding hydrogens is 362 g/mol. The summed E-state index contributed by atoms with van der Waals surface area (Å²) >= 11 is 0. The topological polar surface area (TPSA) is 100 Å². The Morgan fingerprint density at radius 1 is 1.18 bits per heavy atom. The maximum atomic E-state index is 12.4. The Morgan fingerprint density at radius 3 is 2.75 bits per heavy atom. The SMILES string of the molecule is CC(C)n1nnnc1COc1ccc(C(=O)Nc2ccc3c(c2)OCO3)cc1. The van der Waals surface area contributed by atoms with Crippen LogP contribution in [-0.2, 0) is 6.61 Å². The van der Waals surface area contributed by atoms with Gasteiger partial charge in [-0.3, -0.25) is 4.79 Å². The van der Waals surface area contributed by atoms with Crippen LogP contribution in [0.2, 0.25) is 0 Å². The van der Waals surface area contributed by atoms with Crippen LogP contribution in [0.5, 0.6) is 17.2 Å². The number of rotatable bonds is 6. The van der Waals surface area contributed by atoms with Gasteiger partial charge < -0.3 is 19.5 Å². The second kappa shape index (κ2) is 7.55. The Labute approximate surface area is 161 Å². The lowest BCUT2D eigenvalue weighted by Gasteiger charge is -2.10. The van der Waals surface area contributed by atoms with E-state index in [0.29, 0.717) is 34.3 Å². The Morgan fingerprint density at radius 2 is 1.96 bits per heavy atom. The van der Waals surface area contributed by atoms with Crippen molar-refractivity contribution in [2.45, 2.75) is 26.5 Å². The number of nitrogens with one attached hydrogen (secondary N) is 1. The van der Waals surface area contributed by atoms with Gasteiger partial charge in [-0.15, -0.1) is 5.10 Å². The van der Waals surface area contributed by atoms with Gasteiger partial charge in [-0.25, -0.2) is 4.68 Å². The normalized spacial score (nSPS) is 12.2. The van der Waals surface area contributed by atoms with E-state index in [2.05, 4.69) is 20.8 Å². The third-order valence-electron chi connectivity index (χ3n) is 4.16. The third-order valence-corrected chi connectivity index (χ3v) is 4.16. The zero-order valence-corrected chi connectivity index (χ0v) is 15.5. The number of ether oxygens (including phenoxy) is 3. The van der Waals surface area contributed by atoms with Gasteiger partial charge in [0.15, 0.2) is 17.3 Å². The first-order chi connectivity index (χ1) is 13.6. The average Bonchev–Trinajstić information content (AvgIpc) is 3.35. The molecule has 4 rings (SSSR count). The van der Waals surface area contributed by atoms with Gasteiger partial charge in [-0.2, -0.15) is 0 Å². The highest BCUT2D eigenvalue weighted by Gasteiger charge is 2.15. The highest BCUT2D eigenvalue weighted by atomic mass is 16.7. The van der Waals surface area contributed by atoms with Crippen molar-refractivity contribution < 1.29 is 19.0 Å². The summed E-state index contributed by atoms with van der Waals surface area (Å²) in [6, 6.07) is 12.3. The van der Waals surface area contributed by atoms with E-state index in [1.807, 2.05) is 13.8 Å². The molecule has 2 aromatic carbocycles. The predicted octanol–water partition coefficient (Wildman–Crippen LogP) is 2.81. The van der Waals surface area contributed by atoms with Crippen molar-refractivity contribution in [1.82, 2.24) is 20.2 Å². The number of hydrogen-bond acceptors (Lipinski definition) is 7. The first kappa shape index (κ1) is 17.8. The van der Waals surface area contributed by atoms with Gasteiger partial charge in [0.05, 0.1) is 6.04 Å². The molecule has 3 aromatic rings. The number of benzene rings is 2. The minimum atomic E-state index is -0.228. The molecule has 144 valence electrons. The quantitative estimate of drug-likeness (QED) is 0.701. The molecular formula is C19H19N5O4. The van der Waals surface area contributed by atoms with Crippen LogP contribution in [0.4, 0.5) is 5.69 Å². The molecule has 1 aromatic heterocycles.